The zero-order valence-electron chi connectivity index (χ0n) is 21.8. The Morgan fingerprint density at radius 2 is 1.84 bits per heavy atom. The highest BCUT2D eigenvalue weighted by Crippen LogP contribution is 2.38. The van der Waals surface area contributed by atoms with Crippen molar-refractivity contribution >= 4 is 29.3 Å². The number of aryl methyl sites for hydroxylation is 1. The monoisotopic (exact) mass is 525 g/mol. The van der Waals surface area contributed by atoms with Crippen LogP contribution in [0, 0.1) is 6.92 Å². The molecule has 3 aromatic carbocycles. The van der Waals surface area contributed by atoms with Crippen LogP contribution < -0.4 is 15.4 Å². The van der Waals surface area contributed by atoms with Crippen LogP contribution in [-0.4, -0.2) is 27.3 Å². The average Bonchev–Trinajstić information content (AvgIpc) is 3.34. The fraction of sp³-hybridized carbons (Fsp3) is 0.233. The van der Waals surface area contributed by atoms with E-state index >= 15 is 0 Å². The minimum atomic E-state index is -0.473. The number of fused-ring (bicyclic) bond motifs is 1. The molecule has 1 unspecified atom stereocenters. The van der Waals surface area contributed by atoms with Gasteiger partial charge in [0.1, 0.15) is 11.8 Å². The SMILES string of the molecule is CCCOc1cccc(C2C(C(=O)Nc3ccccc3C)=C(C)Nc3nc(SCc4ccccc4)nn32)c1. The van der Waals surface area contributed by atoms with Crippen molar-refractivity contribution < 1.29 is 9.53 Å². The summed E-state index contributed by atoms with van der Waals surface area (Å²) in [7, 11) is 0. The number of carbonyl (C=O) groups is 1. The molecule has 0 saturated heterocycles. The number of allylic oxidation sites excluding steroid dienone is 1. The van der Waals surface area contributed by atoms with Crippen molar-refractivity contribution in [2.45, 2.75) is 44.1 Å². The van der Waals surface area contributed by atoms with E-state index in [1.165, 1.54) is 5.56 Å². The fourth-order valence-electron chi connectivity index (χ4n) is 4.41. The third kappa shape index (κ3) is 5.60. The van der Waals surface area contributed by atoms with E-state index < -0.39 is 6.04 Å². The van der Waals surface area contributed by atoms with Crippen molar-refractivity contribution in [1.82, 2.24) is 14.8 Å². The molecule has 194 valence electrons. The van der Waals surface area contributed by atoms with E-state index in [1.54, 1.807) is 11.8 Å². The van der Waals surface area contributed by atoms with Crippen LogP contribution in [0.3, 0.4) is 0 Å². The van der Waals surface area contributed by atoms with Gasteiger partial charge < -0.3 is 15.4 Å². The lowest BCUT2D eigenvalue weighted by Gasteiger charge is -2.29. The number of para-hydroxylation sites is 1. The van der Waals surface area contributed by atoms with Crippen LogP contribution in [0.25, 0.3) is 0 Å². The Balaban J connectivity index is 1.51. The topological polar surface area (TPSA) is 81.1 Å². The summed E-state index contributed by atoms with van der Waals surface area (Å²) < 4.78 is 7.73. The van der Waals surface area contributed by atoms with Crippen molar-refractivity contribution in [3.8, 4) is 5.75 Å². The van der Waals surface area contributed by atoms with Crippen LogP contribution in [0.2, 0.25) is 0 Å². The van der Waals surface area contributed by atoms with Crippen LogP contribution in [0.4, 0.5) is 11.6 Å². The molecule has 2 N–H and O–H groups in total. The van der Waals surface area contributed by atoms with E-state index in [0.29, 0.717) is 23.3 Å². The first-order valence-corrected chi connectivity index (χ1v) is 13.7. The summed E-state index contributed by atoms with van der Waals surface area (Å²) in [6.07, 6.45) is 0.913. The number of ether oxygens (including phenoxy) is 1. The second-order valence-corrected chi connectivity index (χ2v) is 10.1. The Labute approximate surface area is 227 Å². The summed E-state index contributed by atoms with van der Waals surface area (Å²) >= 11 is 1.57. The summed E-state index contributed by atoms with van der Waals surface area (Å²) in [6, 6.07) is 25.4. The second-order valence-electron chi connectivity index (χ2n) is 9.19. The lowest BCUT2D eigenvalue weighted by atomic mass is 9.94. The summed E-state index contributed by atoms with van der Waals surface area (Å²) in [5, 5.41) is 11.9. The molecule has 1 amide bonds. The second kappa shape index (κ2) is 11.6. The maximum Gasteiger partial charge on any atom is 0.255 e. The van der Waals surface area contributed by atoms with Gasteiger partial charge in [-0.05, 0) is 55.2 Å². The van der Waals surface area contributed by atoms with E-state index in [-0.39, 0.29) is 5.91 Å². The highest BCUT2D eigenvalue weighted by molar-refractivity contribution is 7.98. The molecule has 7 nitrogen and oxygen atoms in total. The molecule has 0 radical (unpaired) electrons. The first-order valence-electron chi connectivity index (χ1n) is 12.7. The summed E-state index contributed by atoms with van der Waals surface area (Å²) in [4.78, 5) is 18.6. The molecule has 4 aromatic rings. The normalized spacial score (nSPS) is 14.6. The van der Waals surface area contributed by atoms with Gasteiger partial charge in [-0.1, -0.05) is 79.3 Å². The molecule has 0 bridgehead atoms. The highest BCUT2D eigenvalue weighted by atomic mass is 32.2. The summed E-state index contributed by atoms with van der Waals surface area (Å²) in [5.41, 5.74) is 5.19. The van der Waals surface area contributed by atoms with Crippen molar-refractivity contribution in [2.24, 2.45) is 0 Å². The first kappa shape index (κ1) is 25.6. The predicted molar refractivity (Wildman–Crippen MR) is 153 cm³/mol. The highest BCUT2D eigenvalue weighted by Gasteiger charge is 2.34. The number of rotatable bonds is 9. The molecular weight excluding hydrogens is 494 g/mol. The Bertz CT molecular complexity index is 1460. The molecule has 0 aliphatic carbocycles. The summed E-state index contributed by atoms with van der Waals surface area (Å²) in [6.45, 7) is 6.59. The third-order valence-electron chi connectivity index (χ3n) is 6.33. The minimum Gasteiger partial charge on any atom is -0.494 e. The van der Waals surface area contributed by atoms with Crippen molar-refractivity contribution in [3.63, 3.8) is 0 Å². The molecule has 1 atom stereocenters. The minimum absolute atomic E-state index is 0.186. The van der Waals surface area contributed by atoms with E-state index in [4.69, 9.17) is 14.8 Å². The average molecular weight is 526 g/mol. The predicted octanol–water partition coefficient (Wildman–Crippen LogP) is 6.60. The van der Waals surface area contributed by atoms with Gasteiger partial charge in [0.15, 0.2) is 0 Å². The Hall–Kier alpha value is -4.04. The molecule has 2 heterocycles. The summed E-state index contributed by atoms with van der Waals surface area (Å²) in [5.74, 6) is 1.94. The number of nitrogens with one attached hydrogen (secondary N) is 2. The van der Waals surface area contributed by atoms with Crippen LogP contribution in [0.5, 0.6) is 5.75 Å². The Morgan fingerprint density at radius 1 is 1.05 bits per heavy atom. The van der Waals surface area contributed by atoms with Gasteiger partial charge in [-0.3, -0.25) is 4.79 Å². The fourth-order valence-corrected chi connectivity index (χ4v) is 5.20. The van der Waals surface area contributed by atoms with Crippen LogP contribution in [-0.2, 0) is 10.5 Å². The molecule has 8 heteroatoms. The standard InChI is InChI=1S/C30H31N5O2S/c1-4-17-37-24-15-10-14-23(18-24)27-26(28(36)32-25-16-9-8-11-20(25)2)21(3)31-29-33-30(34-35(27)29)38-19-22-12-6-5-7-13-22/h5-16,18,27H,4,17,19H2,1-3H3,(H,32,36)(H,31,33,34). The zero-order chi connectivity index (χ0) is 26.5. The van der Waals surface area contributed by atoms with Crippen LogP contribution in [0.1, 0.15) is 43.0 Å². The molecule has 38 heavy (non-hydrogen) atoms. The first-order chi connectivity index (χ1) is 18.5. The van der Waals surface area contributed by atoms with Gasteiger partial charge in [-0.2, -0.15) is 4.98 Å². The van der Waals surface area contributed by atoms with Gasteiger partial charge in [0, 0.05) is 17.1 Å². The van der Waals surface area contributed by atoms with Crippen molar-refractivity contribution in [2.75, 3.05) is 17.2 Å². The lowest BCUT2D eigenvalue weighted by Crippen LogP contribution is -2.31. The van der Waals surface area contributed by atoms with Gasteiger partial charge in [0.05, 0.1) is 12.2 Å². The van der Waals surface area contributed by atoms with Crippen molar-refractivity contribution in [3.05, 3.63) is 107 Å². The molecule has 1 aromatic heterocycles. The number of carbonyl (C=O) groups excluding carboxylic acids is 1. The Morgan fingerprint density at radius 3 is 2.63 bits per heavy atom. The maximum atomic E-state index is 13.8. The number of benzene rings is 3. The quantitative estimate of drug-likeness (QED) is 0.240. The number of nitrogens with zero attached hydrogens (tertiary/aromatic N) is 3. The van der Waals surface area contributed by atoms with Crippen molar-refractivity contribution in [1.29, 1.82) is 0 Å². The van der Waals surface area contributed by atoms with Crippen LogP contribution in [0.15, 0.2) is 95.3 Å². The molecule has 5 rings (SSSR count). The van der Waals surface area contributed by atoms with E-state index in [2.05, 4.69) is 29.7 Å². The molecule has 0 fully saturated rings. The van der Waals surface area contributed by atoms with Gasteiger partial charge in [-0.25, -0.2) is 4.68 Å². The third-order valence-corrected chi connectivity index (χ3v) is 7.24. The molecule has 0 saturated carbocycles. The number of hydrogen-bond acceptors (Lipinski definition) is 6. The lowest BCUT2D eigenvalue weighted by molar-refractivity contribution is -0.113. The molecule has 1 aliphatic heterocycles. The molecular formula is C30H31N5O2S. The number of anilines is 2. The maximum absolute atomic E-state index is 13.8. The van der Waals surface area contributed by atoms with E-state index in [9.17, 15) is 4.79 Å². The van der Waals surface area contributed by atoms with Gasteiger partial charge in [0.2, 0.25) is 11.1 Å². The van der Waals surface area contributed by atoms with E-state index in [0.717, 1.165) is 40.4 Å². The van der Waals surface area contributed by atoms with Crippen LogP contribution >= 0.6 is 11.8 Å². The van der Waals surface area contributed by atoms with Gasteiger partial charge >= 0.3 is 0 Å². The zero-order valence-corrected chi connectivity index (χ0v) is 22.6. The largest absolute Gasteiger partial charge is 0.494 e. The van der Waals surface area contributed by atoms with Gasteiger partial charge in [-0.15, -0.1) is 5.10 Å². The smallest absolute Gasteiger partial charge is 0.255 e. The number of aromatic nitrogens is 3. The number of amides is 1. The number of hydrogen-bond donors (Lipinski definition) is 2. The van der Waals surface area contributed by atoms with Gasteiger partial charge in [0.25, 0.3) is 5.91 Å². The molecule has 1 aliphatic rings. The van der Waals surface area contributed by atoms with E-state index in [1.807, 2.05) is 85.3 Å². The molecule has 0 spiro atoms. The Kier molecular flexibility index (Phi) is 7.79. The number of thioether (sulfide) groups is 1.